The predicted molar refractivity (Wildman–Crippen MR) is 102 cm³/mol. The molecule has 134 valence electrons. The normalized spacial score (nSPS) is 18.7. The third kappa shape index (κ3) is 9.70. The Morgan fingerprint density at radius 2 is 1.61 bits per heavy atom. The number of nitrogens with zero attached hydrogens (tertiary/aromatic N) is 1. The van der Waals surface area contributed by atoms with Gasteiger partial charge >= 0.3 is 0 Å². The lowest BCUT2D eigenvalue weighted by Gasteiger charge is -2.28. The van der Waals surface area contributed by atoms with E-state index < -0.39 is 0 Å². The molecular formula is C20H39N3. The fourth-order valence-corrected chi connectivity index (χ4v) is 3.14. The fourth-order valence-electron chi connectivity index (χ4n) is 3.14. The molecule has 0 aromatic heterocycles. The molecule has 1 rings (SSSR count). The summed E-state index contributed by atoms with van der Waals surface area (Å²) >= 11 is 0. The van der Waals surface area contributed by atoms with E-state index in [-0.39, 0.29) is 6.17 Å². The average molecular weight is 322 g/mol. The van der Waals surface area contributed by atoms with E-state index >= 15 is 0 Å². The minimum absolute atomic E-state index is 0.0937. The number of nitrogens with one attached hydrogen (secondary N) is 1. The molecule has 3 heteroatoms. The van der Waals surface area contributed by atoms with Crippen LogP contribution in [0.2, 0.25) is 0 Å². The quantitative estimate of drug-likeness (QED) is 0.339. The Balaban J connectivity index is 1.87. The van der Waals surface area contributed by atoms with Gasteiger partial charge in [0.2, 0.25) is 0 Å². The summed E-state index contributed by atoms with van der Waals surface area (Å²) < 4.78 is 0. The maximum absolute atomic E-state index is 5.96. The van der Waals surface area contributed by atoms with Gasteiger partial charge in [-0.2, -0.15) is 0 Å². The monoisotopic (exact) mass is 321 g/mol. The van der Waals surface area contributed by atoms with Crippen molar-refractivity contribution in [2.45, 2.75) is 103 Å². The van der Waals surface area contributed by atoms with Crippen LogP contribution in [0.4, 0.5) is 0 Å². The summed E-state index contributed by atoms with van der Waals surface area (Å²) in [6.07, 6.45) is 25.3. The maximum Gasteiger partial charge on any atom is 0.0995 e. The first kappa shape index (κ1) is 20.1. The third-order valence-electron chi connectivity index (χ3n) is 4.60. The van der Waals surface area contributed by atoms with E-state index in [2.05, 4.69) is 35.5 Å². The SMILES string of the molecule is CCCCCCCC/C=C/CCCCCC1NC=CN1C(C)N. The van der Waals surface area contributed by atoms with Crippen molar-refractivity contribution in [3.8, 4) is 0 Å². The highest BCUT2D eigenvalue weighted by atomic mass is 15.3. The van der Waals surface area contributed by atoms with Gasteiger partial charge in [-0.1, -0.05) is 57.6 Å². The highest BCUT2D eigenvalue weighted by molar-refractivity contribution is 4.95. The topological polar surface area (TPSA) is 41.3 Å². The summed E-state index contributed by atoms with van der Waals surface area (Å²) in [4.78, 5) is 2.21. The Hall–Kier alpha value is -0.960. The second-order valence-electron chi connectivity index (χ2n) is 6.85. The Labute approximate surface area is 144 Å². The van der Waals surface area contributed by atoms with Crippen molar-refractivity contribution in [2.75, 3.05) is 0 Å². The summed E-state index contributed by atoms with van der Waals surface area (Å²) in [5.74, 6) is 0. The Morgan fingerprint density at radius 3 is 2.26 bits per heavy atom. The van der Waals surface area contributed by atoms with Crippen LogP contribution in [0.15, 0.2) is 24.6 Å². The smallest absolute Gasteiger partial charge is 0.0995 e. The molecule has 0 aliphatic carbocycles. The van der Waals surface area contributed by atoms with Crippen molar-refractivity contribution in [2.24, 2.45) is 5.73 Å². The summed E-state index contributed by atoms with van der Waals surface area (Å²) in [6, 6.07) is 0. The first-order chi connectivity index (χ1) is 11.3. The minimum atomic E-state index is 0.0937. The van der Waals surface area contributed by atoms with E-state index in [4.69, 9.17) is 5.73 Å². The molecule has 2 unspecified atom stereocenters. The molecule has 2 atom stereocenters. The second kappa shape index (κ2) is 13.5. The zero-order valence-corrected chi connectivity index (χ0v) is 15.5. The molecule has 0 spiro atoms. The van der Waals surface area contributed by atoms with E-state index in [1.165, 1.54) is 77.0 Å². The number of hydrogen-bond donors (Lipinski definition) is 2. The molecule has 0 bridgehead atoms. The Bertz CT molecular complexity index is 323. The van der Waals surface area contributed by atoms with Crippen LogP contribution < -0.4 is 11.1 Å². The van der Waals surface area contributed by atoms with Gasteiger partial charge in [-0.05, 0) is 45.4 Å². The lowest BCUT2D eigenvalue weighted by atomic mass is 10.1. The van der Waals surface area contributed by atoms with Gasteiger partial charge in [-0.3, -0.25) is 0 Å². The molecule has 1 aliphatic heterocycles. The van der Waals surface area contributed by atoms with E-state index in [1.54, 1.807) is 0 Å². The standard InChI is InChI=1S/C20H39N3/c1-3-4-5-6-7-8-9-10-11-12-13-14-15-16-20-22-17-18-23(20)19(2)21/h10-11,17-20,22H,3-9,12-16,21H2,1-2H3/b11-10+. The van der Waals surface area contributed by atoms with Gasteiger partial charge in [0.05, 0.1) is 12.3 Å². The zero-order valence-electron chi connectivity index (χ0n) is 15.5. The molecule has 3 N–H and O–H groups in total. The molecule has 23 heavy (non-hydrogen) atoms. The third-order valence-corrected chi connectivity index (χ3v) is 4.60. The molecule has 0 aromatic rings. The molecule has 0 saturated carbocycles. The van der Waals surface area contributed by atoms with Gasteiger partial charge < -0.3 is 16.0 Å². The Kier molecular flexibility index (Phi) is 11.8. The zero-order chi connectivity index (χ0) is 16.8. The molecular weight excluding hydrogens is 282 g/mol. The van der Waals surface area contributed by atoms with Crippen LogP contribution in [0.25, 0.3) is 0 Å². The number of rotatable bonds is 14. The highest BCUT2D eigenvalue weighted by Gasteiger charge is 2.20. The van der Waals surface area contributed by atoms with Crippen molar-refractivity contribution in [3.63, 3.8) is 0 Å². The number of hydrogen-bond acceptors (Lipinski definition) is 3. The first-order valence-corrected chi connectivity index (χ1v) is 9.86. The van der Waals surface area contributed by atoms with Crippen LogP contribution in [-0.4, -0.2) is 17.2 Å². The van der Waals surface area contributed by atoms with Gasteiger partial charge in [0.1, 0.15) is 0 Å². The van der Waals surface area contributed by atoms with E-state index in [0.717, 1.165) is 0 Å². The second-order valence-corrected chi connectivity index (χ2v) is 6.85. The van der Waals surface area contributed by atoms with Crippen LogP contribution in [0.3, 0.4) is 0 Å². The number of unbranched alkanes of at least 4 members (excludes halogenated alkanes) is 9. The van der Waals surface area contributed by atoms with Crippen molar-refractivity contribution < 1.29 is 0 Å². The fraction of sp³-hybridized carbons (Fsp3) is 0.800. The maximum atomic E-state index is 5.96. The summed E-state index contributed by atoms with van der Waals surface area (Å²) in [6.45, 7) is 4.32. The molecule has 0 amide bonds. The van der Waals surface area contributed by atoms with Gasteiger partial charge in [-0.25, -0.2) is 0 Å². The van der Waals surface area contributed by atoms with Gasteiger partial charge in [0, 0.05) is 12.4 Å². The van der Waals surface area contributed by atoms with E-state index in [0.29, 0.717) is 6.17 Å². The molecule has 3 nitrogen and oxygen atoms in total. The van der Waals surface area contributed by atoms with Crippen molar-refractivity contribution >= 4 is 0 Å². The predicted octanol–water partition coefficient (Wildman–Crippen LogP) is 5.25. The number of nitrogens with two attached hydrogens (primary N) is 1. The lowest BCUT2D eigenvalue weighted by molar-refractivity contribution is 0.208. The molecule has 0 fully saturated rings. The van der Waals surface area contributed by atoms with Gasteiger partial charge in [0.15, 0.2) is 0 Å². The van der Waals surface area contributed by atoms with Gasteiger partial charge in [0.25, 0.3) is 0 Å². The number of allylic oxidation sites excluding steroid dienone is 2. The Morgan fingerprint density at radius 1 is 1.00 bits per heavy atom. The largest absolute Gasteiger partial charge is 0.370 e. The molecule has 0 saturated heterocycles. The molecule has 1 heterocycles. The van der Waals surface area contributed by atoms with Crippen LogP contribution in [-0.2, 0) is 0 Å². The van der Waals surface area contributed by atoms with E-state index in [1.807, 2.05) is 13.1 Å². The van der Waals surface area contributed by atoms with Crippen LogP contribution in [0, 0.1) is 0 Å². The summed E-state index contributed by atoms with van der Waals surface area (Å²) in [5, 5.41) is 3.38. The van der Waals surface area contributed by atoms with Gasteiger partial charge in [-0.15, -0.1) is 0 Å². The van der Waals surface area contributed by atoms with Crippen molar-refractivity contribution in [3.05, 3.63) is 24.6 Å². The summed E-state index contributed by atoms with van der Waals surface area (Å²) in [7, 11) is 0. The van der Waals surface area contributed by atoms with Crippen LogP contribution in [0.1, 0.15) is 90.9 Å². The molecule has 0 radical (unpaired) electrons. The highest BCUT2D eigenvalue weighted by Crippen LogP contribution is 2.15. The average Bonchev–Trinajstić information content (AvgIpc) is 3.00. The lowest BCUT2D eigenvalue weighted by Crippen LogP contribution is -2.44. The van der Waals surface area contributed by atoms with E-state index in [9.17, 15) is 0 Å². The molecule has 0 aromatic carbocycles. The minimum Gasteiger partial charge on any atom is -0.370 e. The van der Waals surface area contributed by atoms with Crippen LogP contribution >= 0.6 is 0 Å². The first-order valence-electron chi connectivity index (χ1n) is 9.86. The molecule has 1 aliphatic rings. The van der Waals surface area contributed by atoms with Crippen molar-refractivity contribution in [1.29, 1.82) is 0 Å². The summed E-state index contributed by atoms with van der Waals surface area (Å²) in [5.41, 5.74) is 5.96. The van der Waals surface area contributed by atoms with Crippen molar-refractivity contribution in [1.82, 2.24) is 10.2 Å². The van der Waals surface area contributed by atoms with Crippen LogP contribution in [0.5, 0.6) is 0 Å².